The van der Waals surface area contributed by atoms with Crippen LogP contribution >= 0.6 is 11.6 Å². The van der Waals surface area contributed by atoms with E-state index in [1.165, 1.54) is 0 Å². The first-order chi connectivity index (χ1) is 12.9. The van der Waals surface area contributed by atoms with Gasteiger partial charge in [-0.25, -0.2) is 4.79 Å². The molecule has 146 valence electrons. The van der Waals surface area contributed by atoms with Gasteiger partial charge in [-0.3, -0.25) is 14.5 Å². The van der Waals surface area contributed by atoms with E-state index in [1.807, 2.05) is 12.1 Å². The Hall–Kier alpha value is -2.08. The second-order valence-corrected chi connectivity index (χ2v) is 7.92. The highest BCUT2D eigenvalue weighted by atomic mass is 35.5. The number of hydrogen-bond acceptors (Lipinski definition) is 3. The first kappa shape index (κ1) is 19.7. The predicted octanol–water partition coefficient (Wildman–Crippen LogP) is 2.89. The molecule has 1 aliphatic heterocycles. The summed E-state index contributed by atoms with van der Waals surface area (Å²) in [4.78, 5) is 38.3. The molecule has 3 rings (SSSR count). The van der Waals surface area contributed by atoms with Gasteiger partial charge in [0, 0.05) is 11.6 Å². The molecule has 0 unspecified atom stereocenters. The molecule has 27 heavy (non-hydrogen) atoms. The summed E-state index contributed by atoms with van der Waals surface area (Å²) >= 11 is 5.85. The van der Waals surface area contributed by atoms with Gasteiger partial charge in [0.05, 0.1) is 0 Å². The molecule has 2 aliphatic rings. The molecule has 1 aromatic carbocycles. The third-order valence-corrected chi connectivity index (χ3v) is 5.98. The van der Waals surface area contributed by atoms with Crippen LogP contribution in [-0.2, 0) is 16.0 Å². The second kappa shape index (κ2) is 8.30. The van der Waals surface area contributed by atoms with Crippen molar-refractivity contribution in [1.29, 1.82) is 0 Å². The zero-order valence-electron chi connectivity index (χ0n) is 15.6. The van der Waals surface area contributed by atoms with Crippen LogP contribution in [-0.4, -0.2) is 41.4 Å². The van der Waals surface area contributed by atoms with Crippen molar-refractivity contribution < 1.29 is 14.4 Å². The second-order valence-electron chi connectivity index (χ2n) is 7.48. The first-order valence-electron chi connectivity index (χ1n) is 9.59. The van der Waals surface area contributed by atoms with Crippen LogP contribution in [0, 0.1) is 5.92 Å². The number of benzene rings is 1. The highest BCUT2D eigenvalue weighted by Gasteiger charge is 2.52. The normalized spacial score (nSPS) is 25.0. The summed E-state index contributed by atoms with van der Waals surface area (Å²) in [5.41, 5.74) is 0.258. The minimum atomic E-state index is -0.799. The highest BCUT2D eigenvalue weighted by Crippen LogP contribution is 2.37. The number of hydrogen-bond donors (Lipinski definition) is 2. The summed E-state index contributed by atoms with van der Waals surface area (Å²) in [6.07, 6.45) is 4.94. The topological polar surface area (TPSA) is 78.5 Å². The van der Waals surface area contributed by atoms with E-state index in [2.05, 4.69) is 17.6 Å². The van der Waals surface area contributed by atoms with Crippen LogP contribution in [0.3, 0.4) is 0 Å². The summed E-state index contributed by atoms with van der Waals surface area (Å²) in [5, 5.41) is 6.30. The maximum Gasteiger partial charge on any atom is 0.325 e. The van der Waals surface area contributed by atoms with Gasteiger partial charge in [0.2, 0.25) is 5.91 Å². The van der Waals surface area contributed by atoms with Gasteiger partial charge in [0.15, 0.2) is 0 Å². The lowest BCUT2D eigenvalue weighted by Crippen LogP contribution is -2.50. The molecular weight excluding hydrogens is 366 g/mol. The number of rotatable bonds is 6. The van der Waals surface area contributed by atoms with Gasteiger partial charge in [-0.05, 0) is 55.7 Å². The van der Waals surface area contributed by atoms with Crippen LogP contribution in [0.2, 0.25) is 5.02 Å². The lowest BCUT2D eigenvalue weighted by atomic mass is 9.75. The Morgan fingerprint density at radius 2 is 1.93 bits per heavy atom. The molecule has 1 saturated heterocycles. The quantitative estimate of drug-likeness (QED) is 0.732. The maximum absolute atomic E-state index is 12.8. The van der Waals surface area contributed by atoms with Crippen molar-refractivity contribution >= 4 is 29.4 Å². The van der Waals surface area contributed by atoms with Gasteiger partial charge in [-0.2, -0.15) is 0 Å². The maximum atomic E-state index is 12.8. The van der Waals surface area contributed by atoms with E-state index < -0.39 is 11.6 Å². The third kappa shape index (κ3) is 4.43. The molecule has 1 saturated carbocycles. The Labute approximate surface area is 164 Å². The number of imide groups is 1. The molecule has 1 heterocycles. The monoisotopic (exact) mass is 391 g/mol. The number of amides is 4. The lowest BCUT2D eigenvalue weighted by Gasteiger charge is -2.34. The van der Waals surface area contributed by atoms with Crippen molar-refractivity contribution in [2.24, 2.45) is 5.92 Å². The summed E-state index contributed by atoms with van der Waals surface area (Å²) in [5.74, 6) is 0.0344. The van der Waals surface area contributed by atoms with Crippen molar-refractivity contribution in [3.8, 4) is 0 Å². The molecule has 6 nitrogen and oxygen atoms in total. The number of carbonyl (C=O) groups excluding carboxylic acids is 3. The predicted molar refractivity (Wildman–Crippen MR) is 103 cm³/mol. The number of halogens is 1. The van der Waals surface area contributed by atoms with Crippen molar-refractivity contribution in [3.05, 3.63) is 34.9 Å². The summed E-state index contributed by atoms with van der Waals surface area (Å²) in [6, 6.07) is 6.96. The van der Waals surface area contributed by atoms with Gasteiger partial charge in [0.1, 0.15) is 12.1 Å². The minimum Gasteiger partial charge on any atom is -0.354 e. The smallest absolute Gasteiger partial charge is 0.325 e. The summed E-state index contributed by atoms with van der Waals surface area (Å²) in [6.45, 7) is 2.36. The van der Waals surface area contributed by atoms with E-state index in [4.69, 9.17) is 11.6 Å². The van der Waals surface area contributed by atoms with Crippen molar-refractivity contribution in [2.75, 3.05) is 13.1 Å². The van der Waals surface area contributed by atoms with E-state index >= 15 is 0 Å². The molecule has 0 radical (unpaired) electrons. The van der Waals surface area contributed by atoms with Gasteiger partial charge in [-0.15, -0.1) is 0 Å². The van der Waals surface area contributed by atoms with Gasteiger partial charge < -0.3 is 10.6 Å². The van der Waals surface area contributed by atoms with E-state index in [-0.39, 0.29) is 18.4 Å². The van der Waals surface area contributed by atoms with Crippen molar-refractivity contribution in [2.45, 2.75) is 51.0 Å². The van der Waals surface area contributed by atoms with Gasteiger partial charge in [0.25, 0.3) is 5.91 Å². The minimum absolute atomic E-state index is 0.232. The van der Waals surface area contributed by atoms with E-state index in [1.54, 1.807) is 12.1 Å². The Morgan fingerprint density at radius 3 is 2.56 bits per heavy atom. The fourth-order valence-corrected chi connectivity index (χ4v) is 4.06. The molecule has 7 heteroatoms. The average Bonchev–Trinajstić information content (AvgIpc) is 2.88. The number of urea groups is 1. The number of carbonyl (C=O) groups is 3. The number of nitrogens with one attached hydrogen (secondary N) is 2. The zero-order chi connectivity index (χ0) is 19.4. The molecule has 0 aromatic heterocycles. The summed E-state index contributed by atoms with van der Waals surface area (Å²) in [7, 11) is 0. The van der Waals surface area contributed by atoms with Crippen molar-refractivity contribution in [3.63, 3.8) is 0 Å². The number of nitrogens with zero attached hydrogens (tertiary/aromatic N) is 1. The van der Waals surface area contributed by atoms with Crippen LogP contribution in [0.1, 0.15) is 44.6 Å². The molecule has 1 aromatic rings. The Bertz CT molecular complexity index is 712. The molecule has 0 bridgehead atoms. The largest absolute Gasteiger partial charge is 0.354 e. The highest BCUT2D eigenvalue weighted by molar-refractivity contribution is 6.30. The molecular formula is C20H26ClN3O3. The van der Waals surface area contributed by atoms with Crippen LogP contribution in [0.15, 0.2) is 24.3 Å². The van der Waals surface area contributed by atoms with E-state index in [9.17, 15) is 14.4 Å². The lowest BCUT2D eigenvalue weighted by molar-refractivity contribution is -0.136. The van der Waals surface area contributed by atoms with Gasteiger partial charge in [-0.1, -0.05) is 37.1 Å². The Kier molecular flexibility index (Phi) is 6.05. The third-order valence-electron chi connectivity index (χ3n) is 5.73. The molecule has 2 N–H and O–H groups in total. The molecule has 1 aliphatic carbocycles. The van der Waals surface area contributed by atoms with Crippen LogP contribution < -0.4 is 10.6 Å². The van der Waals surface area contributed by atoms with Gasteiger partial charge >= 0.3 is 6.03 Å². The van der Waals surface area contributed by atoms with E-state index in [0.717, 1.165) is 29.7 Å². The summed E-state index contributed by atoms with van der Waals surface area (Å²) < 4.78 is 0. The molecule has 2 fully saturated rings. The molecule has 0 atom stereocenters. The SMILES string of the molecule is CCC1CCC2(CC1)NC(=O)N(CC(=O)NCCc1ccc(Cl)cc1)C2=O. The fraction of sp³-hybridized carbons (Fsp3) is 0.550. The first-order valence-corrected chi connectivity index (χ1v) is 9.96. The standard InChI is InChI=1S/C20H26ClN3O3/c1-2-14-7-10-20(11-8-14)18(26)24(19(27)23-20)13-17(25)22-12-9-15-3-5-16(21)6-4-15/h3-6,14H,2,7-13H2,1H3,(H,22,25)(H,23,27). The van der Waals surface area contributed by atoms with E-state index in [0.29, 0.717) is 36.7 Å². The molecule has 4 amide bonds. The van der Waals surface area contributed by atoms with Crippen LogP contribution in [0.5, 0.6) is 0 Å². The molecule has 1 spiro atoms. The zero-order valence-corrected chi connectivity index (χ0v) is 16.3. The van der Waals surface area contributed by atoms with Crippen molar-refractivity contribution in [1.82, 2.24) is 15.5 Å². The fourth-order valence-electron chi connectivity index (χ4n) is 3.93. The van der Waals surface area contributed by atoms with Crippen LogP contribution in [0.4, 0.5) is 4.79 Å². The Balaban J connectivity index is 1.49. The average molecular weight is 392 g/mol. The Morgan fingerprint density at radius 1 is 1.26 bits per heavy atom. The van der Waals surface area contributed by atoms with Crippen LogP contribution in [0.25, 0.3) is 0 Å².